The van der Waals surface area contributed by atoms with Crippen molar-refractivity contribution in [1.29, 1.82) is 0 Å². The van der Waals surface area contributed by atoms with Gasteiger partial charge in [0.2, 0.25) is 0 Å². The quantitative estimate of drug-likeness (QED) is 0.441. The molecule has 0 N–H and O–H groups in total. The Morgan fingerprint density at radius 2 is 2.00 bits per heavy atom. The summed E-state index contributed by atoms with van der Waals surface area (Å²) >= 11 is 0. The van der Waals surface area contributed by atoms with Crippen LogP contribution in [-0.4, -0.2) is 41.7 Å². The van der Waals surface area contributed by atoms with E-state index in [1.165, 1.54) is 0 Å². The number of benzene rings is 1. The minimum Gasteiger partial charge on any atom is -0.459 e. The summed E-state index contributed by atoms with van der Waals surface area (Å²) in [5.74, 6) is -0.204. The second kappa shape index (κ2) is 7.07. The lowest BCUT2D eigenvalue weighted by Crippen LogP contribution is -2.29. The summed E-state index contributed by atoms with van der Waals surface area (Å²) in [7, 11) is 0. The van der Waals surface area contributed by atoms with E-state index in [1.54, 1.807) is 0 Å². The standard InChI is InChI=1S/C18H25NO3/c1-5-15-16(13-21-12-14-9-7-6-8-10-14)19(15)11-17(20)22-18(2,3)4/h5-10,15-16H,1,11-13H2,2-4H3/t15-,16+,19?/m0/s1. The summed E-state index contributed by atoms with van der Waals surface area (Å²) in [4.78, 5) is 13.9. The molecule has 0 bridgehead atoms. The number of hydrogen-bond acceptors (Lipinski definition) is 4. The number of carbonyl (C=O) groups is 1. The van der Waals surface area contributed by atoms with Crippen molar-refractivity contribution in [2.45, 2.75) is 45.1 Å². The maximum Gasteiger partial charge on any atom is 0.320 e. The first kappa shape index (κ1) is 16.7. The smallest absolute Gasteiger partial charge is 0.320 e. The van der Waals surface area contributed by atoms with Crippen LogP contribution in [0.4, 0.5) is 0 Å². The van der Waals surface area contributed by atoms with Crippen LogP contribution in [0.25, 0.3) is 0 Å². The topological polar surface area (TPSA) is 38.5 Å². The number of hydrogen-bond donors (Lipinski definition) is 0. The van der Waals surface area contributed by atoms with Crippen LogP contribution in [0.15, 0.2) is 43.0 Å². The molecule has 1 unspecified atom stereocenters. The Morgan fingerprint density at radius 1 is 1.32 bits per heavy atom. The van der Waals surface area contributed by atoms with Crippen LogP contribution >= 0.6 is 0 Å². The molecule has 0 spiro atoms. The fourth-order valence-electron chi connectivity index (χ4n) is 2.46. The van der Waals surface area contributed by atoms with Crippen LogP contribution in [0.3, 0.4) is 0 Å². The Kier molecular flexibility index (Phi) is 5.37. The highest BCUT2D eigenvalue weighted by molar-refractivity contribution is 5.72. The minimum atomic E-state index is -0.448. The van der Waals surface area contributed by atoms with Crippen LogP contribution in [0.5, 0.6) is 0 Å². The Morgan fingerprint density at radius 3 is 2.59 bits per heavy atom. The van der Waals surface area contributed by atoms with Crippen molar-refractivity contribution in [3.63, 3.8) is 0 Å². The average molecular weight is 303 g/mol. The first-order valence-electron chi connectivity index (χ1n) is 7.62. The van der Waals surface area contributed by atoms with E-state index >= 15 is 0 Å². The van der Waals surface area contributed by atoms with E-state index in [0.717, 1.165) is 5.56 Å². The van der Waals surface area contributed by atoms with E-state index in [-0.39, 0.29) is 24.6 Å². The monoisotopic (exact) mass is 303 g/mol. The molecule has 0 saturated carbocycles. The second-order valence-corrected chi connectivity index (χ2v) is 6.55. The SMILES string of the molecule is C=C[C@H]1[C@@H](COCc2ccccc2)N1CC(=O)OC(C)(C)C. The molecule has 1 aromatic carbocycles. The van der Waals surface area contributed by atoms with E-state index in [0.29, 0.717) is 13.2 Å². The fraction of sp³-hybridized carbons (Fsp3) is 0.500. The van der Waals surface area contributed by atoms with Crippen molar-refractivity contribution in [3.8, 4) is 0 Å². The molecule has 1 saturated heterocycles. The molecule has 1 fully saturated rings. The molecule has 2 rings (SSSR count). The van der Waals surface area contributed by atoms with Gasteiger partial charge >= 0.3 is 5.97 Å². The molecule has 0 aliphatic carbocycles. The van der Waals surface area contributed by atoms with Crippen molar-refractivity contribution in [3.05, 3.63) is 48.6 Å². The summed E-state index contributed by atoms with van der Waals surface area (Å²) in [6, 6.07) is 10.5. The van der Waals surface area contributed by atoms with Crippen LogP contribution in [0.1, 0.15) is 26.3 Å². The van der Waals surface area contributed by atoms with Crippen molar-refractivity contribution < 1.29 is 14.3 Å². The van der Waals surface area contributed by atoms with Crippen molar-refractivity contribution >= 4 is 5.97 Å². The molecule has 1 aliphatic heterocycles. The summed E-state index contributed by atoms with van der Waals surface area (Å²) in [5.41, 5.74) is 0.702. The third kappa shape index (κ3) is 4.97. The first-order chi connectivity index (χ1) is 10.4. The minimum absolute atomic E-state index is 0.197. The normalized spacial score (nSPS) is 23.9. The van der Waals surface area contributed by atoms with Gasteiger partial charge in [-0.1, -0.05) is 36.4 Å². The molecule has 22 heavy (non-hydrogen) atoms. The zero-order chi connectivity index (χ0) is 16.2. The van der Waals surface area contributed by atoms with Gasteiger partial charge in [0, 0.05) is 6.04 Å². The van der Waals surface area contributed by atoms with Crippen molar-refractivity contribution in [1.82, 2.24) is 4.90 Å². The molecule has 4 nitrogen and oxygen atoms in total. The van der Waals surface area contributed by atoms with E-state index in [9.17, 15) is 4.79 Å². The lowest BCUT2D eigenvalue weighted by molar-refractivity contribution is -0.154. The molecule has 0 aromatic heterocycles. The maximum absolute atomic E-state index is 11.9. The Hall–Kier alpha value is -1.65. The highest BCUT2D eigenvalue weighted by atomic mass is 16.6. The number of nitrogens with zero attached hydrogens (tertiary/aromatic N) is 1. The molecule has 1 heterocycles. The Bertz CT molecular complexity index is 507. The maximum atomic E-state index is 11.9. The number of ether oxygens (including phenoxy) is 2. The van der Waals surface area contributed by atoms with E-state index in [1.807, 2.05) is 62.1 Å². The van der Waals surface area contributed by atoms with Crippen LogP contribution in [0, 0.1) is 0 Å². The summed E-state index contributed by atoms with van der Waals surface area (Å²) < 4.78 is 11.1. The molecule has 1 aromatic rings. The molecular formula is C18H25NO3. The molecule has 3 atom stereocenters. The number of rotatable bonds is 7. The van der Waals surface area contributed by atoms with Gasteiger partial charge in [-0.05, 0) is 26.3 Å². The van der Waals surface area contributed by atoms with Gasteiger partial charge in [0.15, 0.2) is 0 Å². The molecule has 4 heteroatoms. The van der Waals surface area contributed by atoms with Crippen LogP contribution < -0.4 is 0 Å². The zero-order valence-electron chi connectivity index (χ0n) is 13.6. The molecule has 1 aliphatic rings. The van der Waals surface area contributed by atoms with E-state index in [4.69, 9.17) is 9.47 Å². The summed E-state index contributed by atoms with van der Waals surface area (Å²) in [6.45, 7) is 10.9. The van der Waals surface area contributed by atoms with Gasteiger partial charge in [-0.15, -0.1) is 6.58 Å². The van der Waals surface area contributed by atoms with Crippen molar-refractivity contribution in [2.24, 2.45) is 0 Å². The molecule has 0 radical (unpaired) electrons. The van der Waals surface area contributed by atoms with Gasteiger partial charge in [-0.25, -0.2) is 0 Å². The lowest BCUT2D eigenvalue weighted by atomic mass is 10.2. The Labute approximate surface area is 132 Å². The van der Waals surface area contributed by atoms with Gasteiger partial charge in [0.1, 0.15) is 5.60 Å². The molecular weight excluding hydrogens is 278 g/mol. The summed E-state index contributed by atoms with van der Waals surface area (Å²) in [5, 5.41) is 0. The highest BCUT2D eigenvalue weighted by Crippen LogP contribution is 2.29. The Balaban J connectivity index is 1.75. The fourth-order valence-corrected chi connectivity index (χ4v) is 2.46. The van der Waals surface area contributed by atoms with E-state index < -0.39 is 5.60 Å². The number of carbonyl (C=O) groups excluding carboxylic acids is 1. The average Bonchev–Trinajstić information content (AvgIpc) is 3.09. The van der Waals surface area contributed by atoms with Gasteiger partial charge < -0.3 is 9.47 Å². The molecule has 120 valence electrons. The van der Waals surface area contributed by atoms with Gasteiger partial charge in [-0.2, -0.15) is 0 Å². The van der Waals surface area contributed by atoms with Gasteiger partial charge in [-0.3, -0.25) is 9.69 Å². The van der Waals surface area contributed by atoms with Crippen LogP contribution in [0.2, 0.25) is 0 Å². The third-order valence-corrected chi connectivity index (χ3v) is 3.49. The highest BCUT2D eigenvalue weighted by Gasteiger charge is 2.46. The predicted molar refractivity (Wildman–Crippen MR) is 86.4 cm³/mol. The first-order valence-corrected chi connectivity index (χ1v) is 7.62. The van der Waals surface area contributed by atoms with E-state index in [2.05, 4.69) is 6.58 Å². The molecule has 0 amide bonds. The largest absolute Gasteiger partial charge is 0.459 e. The van der Waals surface area contributed by atoms with Crippen molar-refractivity contribution in [2.75, 3.05) is 13.2 Å². The van der Waals surface area contributed by atoms with Crippen LogP contribution in [-0.2, 0) is 20.9 Å². The number of esters is 1. The van der Waals surface area contributed by atoms with Gasteiger partial charge in [0.25, 0.3) is 0 Å². The summed E-state index contributed by atoms with van der Waals surface area (Å²) in [6.07, 6.45) is 1.86. The third-order valence-electron chi connectivity index (χ3n) is 3.49. The zero-order valence-corrected chi connectivity index (χ0v) is 13.6. The second-order valence-electron chi connectivity index (χ2n) is 6.55. The van der Waals surface area contributed by atoms with Gasteiger partial charge in [0.05, 0.1) is 25.8 Å². The lowest BCUT2D eigenvalue weighted by Gasteiger charge is -2.19. The predicted octanol–water partition coefficient (Wildman–Crippen LogP) is 2.78.